The molecule has 2 aromatic carbocycles. The van der Waals surface area contributed by atoms with Crippen LogP contribution in [0.25, 0.3) is 21.7 Å². The highest BCUT2D eigenvalue weighted by Crippen LogP contribution is 2.37. The molecule has 0 amide bonds. The molecule has 2 fully saturated rings. The number of ketones is 2. The van der Waals surface area contributed by atoms with Crippen LogP contribution in [0, 0.1) is 0 Å². The van der Waals surface area contributed by atoms with Crippen LogP contribution in [0.3, 0.4) is 0 Å². The zero-order valence-corrected chi connectivity index (χ0v) is 21.4. The van der Waals surface area contributed by atoms with Gasteiger partial charge in [-0.25, -0.2) is 12.7 Å². The van der Waals surface area contributed by atoms with Crippen molar-refractivity contribution in [2.45, 2.75) is 44.1 Å². The summed E-state index contributed by atoms with van der Waals surface area (Å²) in [5, 5.41) is 6.95. The highest BCUT2D eigenvalue weighted by molar-refractivity contribution is 7.88. The van der Waals surface area contributed by atoms with Crippen molar-refractivity contribution >= 4 is 43.3 Å². The van der Waals surface area contributed by atoms with Crippen molar-refractivity contribution in [1.29, 1.82) is 0 Å². The molecule has 3 aromatic rings. The lowest BCUT2D eigenvalue weighted by atomic mass is 9.83. The minimum absolute atomic E-state index is 0.0132. The number of likely N-dealkylation sites (N-methyl/N-ethyl adjacent to an activating group) is 1. The summed E-state index contributed by atoms with van der Waals surface area (Å²) >= 11 is 0. The normalized spacial score (nSPS) is 20.6. The molecule has 9 nitrogen and oxygen atoms in total. The summed E-state index contributed by atoms with van der Waals surface area (Å²) in [6, 6.07) is 10.00. The monoisotopic (exact) mass is 513 g/mol. The number of Topliss-reactive ketones (excluding diaryl/α,β-unsaturated/α-hetero) is 2. The van der Waals surface area contributed by atoms with Crippen LogP contribution >= 0.6 is 0 Å². The van der Waals surface area contributed by atoms with E-state index in [0.29, 0.717) is 49.9 Å². The van der Waals surface area contributed by atoms with E-state index in [1.54, 1.807) is 4.31 Å². The third-order valence-corrected chi connectivity index (χ3v) is 8.79. The fourth-order valence-electron chi connectivity index (χ4n) is 5.37. The number of carbonyl (C=O) groups excluding carboxylic acids is 2. The number of aromatic nitrogens is 1. The van der Waals surface area contributed by atoms with Gasteiger partial charge in [-0.1, -0.05) is 11.2 Å². The van der Waals surface area contributed by atoms with Gasteiger partial charge in [0.25, 0.3) is 0 Å². The summed E-state index contributed by atoms with van der Waals surface area (Å²) in [5.74, 6) is 0.232. The molecule has 1 atom stereocenters. The number of rotatable bonds is 7. The summed E-state index contributed by atoms with van der Waals surface area (Å²) in [4.78, 5) is 26.4. The third kappa shape index (κ3) is 5.02. The van der Waals surface area contributed by atoms with E-state index in [0.717, 1.165) is 41.3 Å². The van der Waals surface area contributed by atoms with E-state index in [1.165, 1.54) is 6.26 Å². The molecule has 1 aliphatic heterocycles. The molecular formula is C26H31N3O6S. The molecule has 5 rings (SSSR count). The first-order valence-electron chi connectivity index (χ1n) is 12.4. The highest BCUT2D eigenvalue weighted by atomic mass is 32.2. The van der Waals surface area contributed by atoms with Crippen molar-refractivity contribution in [3.63, 3.8) is 0 Å². The summed E-state index contributed by atoms with van der Waals surface area (Å²) in [5.41, 5.74) is 1.24. The first kappa shape index (κ1) is 24.9. The molecule has 1 saturated carbocycles. The minimum Gasteiger partial charge on any atom is -0.492 e. The van der Waals surface area contributed by atoms with Crippen molar-refractivity contribution in [2.24, 2.45) is 0 Å². The van der Waals surface area contributed by atoms with Crippen molar-refractivity contribution in [3.8, 4) is 5.75 Å². The Morgan fingerprint density at radius 2 is 1.92 bits per heavy atom. The van der Waals surface area contributed by atoms with Crippen LogP contribution in [0.1, 0.15) is 43.7 Å². The van der Waals surface area contributed by atoms with Gasteiger partial charge in [0.2, 0.25) is 10.0 Å². The van der Waals surface area contributed by atoms with Crippen molar-refractivity contribution in [1.82, 2.24) is 14.4 Å². The summed E-state index contributed by atoms with van der Waals surface area (Å²) in [6.45, 7) is 2.36. The minimum atomic E-state index is -3.12. The number of nitrogens with zero attached hydrogens (tertiary/aromatic N) is 3. The van der Waals surface area contributed by atoms with Crippen LogP contribution in [-0.2, 0) is 19.6 Å². The average molecular weight is 514 g/mol. The Hall–Kier alpha value is -2.82. The van der Waals surface area contributed by atoms with Crippen LogP contribution in [0.15, 0.2) is 34.9 Å². The third-order valence-electron chi connectivity index (χ3n) is 7.48. The second kappa shape index (κ2) is 9.91. The van der Waals surface area contributed by atoms with Gasteiger partial charge in [0.15, 0.2) is 5.58 Å². The fourth-order valence-corrected chi connectivity index (χ4v) is 6.24. The van der Waals surface area contributed by atoms with E-state index in [4.69, 9.17) is 9.26 Å². The van der Waals surface area contributed by atoms with E-state index in [9.17, 15) is 18.0 Å². The first-order chi connectivity index (χ1) is 17.2. The van der Waals surface area contributed by atoms with Gasteiger partial charge in [-0.2, -0.15) is 0 Å². The number of piperidine rings is 1. The van der Waals surface area contributed by atoms with Gasteiger partial charge in [-0.15, -0.1) is 0 Å². The smallest absolute Gasteiger partial charge is 0.211 e. The lowest BCUT2D eigenvalue weighted by Gasteiger charge is -2.35. The van der Waals surface area contributed by atoms with Crippen LogP contribution in [0.4, 0.5) is 0 Å². The number of hydrogen-bond acceptors (Lipinski definition) is 8. The van der Waals surface area contributed by atoms with E-state index >= 15 is 0 Å². The maximum Gasteiger partial charge on any atom is 0.211 e. The largest absolute Gasteiger partial charge is 0.492 e. The van der Waals surface area contributed by atoms with Gasteiger partial charge in [-0.05, 0) is 61.3 Å². The molecule has 10 heteroatoms. The van der Waals surface area contributed by atoms with Gasteiger partial charge >= 0.3 is 0 Å². The number of carbonyl (C=O) groups is 2. The molecule has 1 unspecified atom stereocenters. The Kier molecular flexibility index (Phi) is 6.84. The quantitative estimate of drug-likeness (QED) is 0.443. The molecule has 0 bridgehead atoms. The second-order valence-electron chi connectivity index (χ2n) is 9.88. The Labute approximate surface area is 210 Å². The first-order valence-corrected chi connectivity index (χ1v) is 14.2. The fraction of sp³-hybridized carbons (Fsp3) is 0.500. The SMILES string of the molecule is CN(CCOc1ccc2c(ccc3onc(C4CCC(=O)CC4=O)c32)c1)C1CCN(S(C)(=O)=O)CC1. The van der Waals surface area contributed by atoms with Crippen LogP contribution in [0.5, 0.6) is 5.75 Å². The molecule has 36 heavy (non-hydrogen) atoms. The molecule has 192 valence electrons. The molecule has 1 aromatic heterocycles. The molecule has 0 spiro atoms. The van der Waals surface area contributed by atoms with Gasteiger partial charge in [0.1, 0.15) is 29.6 Å². The predicted octanol–water partition coefficient (Wildman–Crippen LogP) is 3.12. The molecule has 1 aliphatic carbocycles. The van der Waals surface area contributed by atoms with E-state index in [1.807, 2.05) is 30.3 Å². The number of fused-ring (bicyclic) bond motifs is 3. The van der Waals surface area contributed by atoms with Gasteiger partial charge in [0.05, 0.1) is 24.0 Å². The zero-order valence-electron chi connectivity index (χ0n) is 20.6. The van der Waals surface area contributed by atoms with Crippen LogP contribution in [0.2, 0.25) is 0 Å². The number of hydrogen-bond donors (Lipinski definition) is 0. The molecular weight excluding hydrogens is 482 g/mol. The lowest BCUT2D eigenvalue weighted by Crippen LogP contribution is -2.46. The topological polar surface area (TPSA) is 110 Å². The van der Waals surface area contributed by atoms with Crippen molar-refractivity contribution in [3.05, 3.63) is 36.0 Å². The summed E-state index contributed by atoms with van der Waals surface area (Å²) in [6.07, 6.45) is 3.72. The predicted molar refractivity (Wildman–Crippen MR) is 136 cm³/mol. The second-order valence-corrected chi connectivity index (χ2v) is 11.9. The summed E-state index contributed by atoms with van der Waals surface area (Å²) < 4.78 is 36.6. The Morgan fingerprint density at radius 3 is 2.64 bits per heavy atom. The Morgan fingerprint density at radius 1 is 1.14 bits per heavy atom. The lowest BCUT2D eigenvalue weighted by molar-refractivity contribution is -0.130. The van der Waals surface area contributed by atoms with Crippen LogP contribution < -0.4 is 4.74 Å². The van der Waals surface area contributed by atoms with Gasteiger partial charge < -0.3 is 9.26 Å². The Balaban J connectivity index is 1.25. The molecule has 2 heterocycles. The number of benzene rings is 2. The van der Waals surface area contributed by atoms with Crippen LogP contribution in [-0.4, -0.2) is 79.9 Å². The van der Waals surface area contributed by atoms with Gasteiger partial charge in [-0.3, -0.25) is 14.5 Å². The van der Waals surface area contributed by atoms with Gasteiger partial charge in [0, 0.05) is 32.1 Å². The zero-order chi connectivity index (χ0) is 25.4. The van der Waals surface area contributed by atoms with Crippen molar-refractivity contribution < 1.29 is 27.3 Å². The average Bonchev–Trinajstić information content (AvgIpc) is 3.28. The molecule has 0 radical (unpaired) electrons. The number of ether oxygens (including phenoxy) is 1. The van der Waals surface area contributed by atoms with E-state index in [-0.39, 0.29) is 18.0 Å². The maximum atomic E-state index is 12.5. The highest BCUT2D eigenvalue weighted by Gasteiger charge is 2.32. The van der Waals surface area contributed by atoms with E-state index in [2.05, 4.69) is 17.1 Å². The molecule has 1 saturated heterocycles. The number of sulfonamides is 1. The van der Waals surface area contributed by atoms with Crippen molar-refractivity contribution in [2.75, 3.05) is 39.5 Å². The standard InChI is InChI=1S/C26H31N3O6S/c1-28(18-9-11-29(12-10-18)36(2,32)33)13-14-34-20-5-7-21-17(15-20)3-8-24-25(21)26(27-35-24)22-6-4-19(30)16-23(22)31/h3,5,7-8,15,18,22H,4,6,9-14,16H2,1-2H3. The molecule has 2 aliphatic rings. The van der Waals surface area contributed by atoms with E-state index < -0.39 is 15.9 Å². The Bertz CT molecular complexity index is 1410. The summed E-state index contributed by atoms with van der Waals surface area (Å²) in [7, 11) is -1.07. The molecule has 0 N–H and O–H groups in total. The maximum absolute atomic E-state index is 12.5.